The number of amides is 1. The van der Waals surface area contributed by atoms with E-state index in [-0.39, 0.29) is 12.5 Å². The molecule has 4 aromatic rings. The number of aryl methyl sites for hydroxylation is 2. The number of rotatable bonds is 5. The molecular weight excluding hydrogens is 348 g/mol. The van der Waals surface area contributed by atoms with E-state index in [9.17, 15) is 4.79 Å². The first-order valence-electron chi connectivity index (χ1n) is 9.59. The van der Waals surface area contributed by atoms with Gasteiger partial charge in [0, 0.05) is 27.5 Å². The lowest BCUT2D eigenvalue weighted by Crippen LogP contribution is -2.20. The van der Waals surface area contributed by atoms with Crippen LogP contribution in [0.5, 0.6) is 5.75 Å². The first-order valence-corrected chi connectivity index (χ1v) is 9.59. The number of fused-ring (bicyclic) bond motifs is 3. The SMILES string of the molecule is CCc1cccc2c1[nH]c1cc(NC(=O)COc3cccc(C)c3C)ccc12. The van der Waals surface area contributed by atoms with Crippen molar-refractivity contribution >= 4 is 33.4 Å². The molecule has 0 aliphatic heterocycles. The van der Waals surface area contributed by atoms with Gasteiger partial charge in [-0.1, -0.05) is 43.3 Å². The maximum atomic E-state index is 12.3. The molecule has 0 spiro atoms. The third kappa shape index (κ3) is 3.33. The Labute approximate surface area is 164 Å². The maximum absolute atomic E-state index is 12.3. The molecule has 0 bridgehead atoms. The summed E-state index contributed by atoms with van der Waals surface area (Å²) in [7, 11) is 0. The van der Waals surface area contributed by atoms with Crippen molar-refractivity contribution < 1.29 is 9.53 Å². The smallest absolute Gasteiger partial charge is 0.262 e. The Kier molecular flexibility index (Phi) is 4.78. The molecule has 1 heterocycles. The topological polar surface area (TPSA) is 54.1 Å². The Morgan fingerprint density at radius 1 is 1.04 bits per heavy atom. The number of para-hydroxylation sites is 1. The van der Waals surface area contributed by atoms with Crippen molar-refractivity contribution in [2.75, 3.05) is 11.9 Å². The van der Waals surface area contributed by atoms with E-state index in [1.165, 1.54) is 16.5 Å². The van der Waals surface area contributed by atoms with Crippen LogP contribution in [0.3, 0.4) is 0 Å². The van der Waals surface area contributed by atoms with Gasteiger partial charge in [-0.2, -0.15) is 0 Å². The Morgan fingerprint density at radius 3 is 2.68 bits per heavy atom. The molecule has 28 heavy (non-hydrogen) atoms. The highest BCUT2D eigenvalue weighted by Crippen LogP contribution is 2.29. The van der Waals surface area contributed by atoms with Gasteiger partial charge in [-0.15, -0.1) is 0 Å². The van der Waals surface area contributed by atoms with Gasteiger partial charge in [-0.3, -0.25) is 4.79 Å². The fourth-order valence-corrected chi connectivity index (χ4v) is 3.58. The summed E-state index contributed by atoms with van der Waals surface area (Å²) in [6, 6.07) is 18.2. The van der Waals surface area contributed by atoms with Crippen LogP contribution in [0.25, 0.3) is 21.8 Å². The number of carbonyl (C=O) groups excluding carboxylic acids is 1. The van der Waals surface area contributed by atoms with Crippen molar-refractivity contribution in [3.05, 3.63) is 71.3 Å². The Bertz CT molecular complexity index is 1170. The van der Waals surface area contributed by atoms with Crippen LogP contribution in [0.1, 0.15) is 23.6 Å². The van der Waals surface area contributed by atoms with E-state index < -0.39 is 0 Å². The summed E-state index contributed by atoms with van der Waals surface area (Å²) in [5, 5.41) is 5.30. The van der Waals surface area contributed by atoms with Gasteiger partial charge in [0.1, 0.15) is 5.75 Å². The van der Waals surface area contributed by atoms with Gasteiger partial charge in [0.05, 0.1) is 0 Å². The number of benzene rings is 3. The monoisotopic (exact) mass is 372 g/mol. The molecule has 3 aromatic carbocycles. The van der Waals surface area contributed by atoms with E-state index in [2.05, 4.69) is 41.5 Å². The highest BCUT2D eigenvalue weighted by molar-refractivity contribution is 6.09. The lowest BCUT2D eigenvalue weighted by molar-refractivity contribution is -0.118. The van der Waals surface area contributed by atoms with Gasteiger partial charge in [0.2, 0.25) is 0 Å². The van der Waals surface area contributed by atoms with Crippen molar-refractivity contribution in [3.63, 3.8) is 0 Å². The molecule has 0 aliphatic rings. The van der Waals surface area contributed by atoms with Gasteiger partial charge in [-0.05, 0) is 55.2 Å². The number of hydrogen-bond donors (Lipinski definition) is 2. The molecular formula is C24H24N2O2. The first kappa shape index (κ1) is 18.1. The maximum Gasteiger partial charge on any atom is 0.262 e. The average Bonchev–Trinajstić information content (AvgIpc) is 3.07. The largest absolute Gasteiger partial charge is 0.483 e. The van der Waals surface area contributed by atoms with E-state index in [0.29, 0.717) is 0 Å². The molecule has 0 saturated heterocycles. The first-order chi connectivity index (χ1) is 13.6. The average molecular weight is 372 g/mol. The summed E-state index contributed by atoms with van der Waals surface area (Å²) >= 11 is 0. The van der Waals surface area contributed by atoms with Crippen molar-refractivity contribution in [2.45, 2.75) is 27.2 Å². The molecule has 4 nitrogen and oxygen atoms in total. The zero-order valence-electron chi connectivity index (χ0n) is 16.4. The van der Waals surface area contributed by atoms with Crippen LogP contribution < -0.4 is 10.1 Å². The summed E-state index contributed by atoms with van der Waals surface area (Å²) in [5.74, 6) is 0.568. The number of aromatic nitrogens is 1. The molecule has 4 heteroatoms. The molecule has 2 N–H and O–H groups in total. The molecule has 1 amide bonds. The minimum absolute atomic E-state index is 0.0188. The second-order valence-electron chi connectivity index (χ2n) is 7.11. The highest BCUT2D eigenvalue weighted by Gasteiger charge is 2.10. The van der Waals surface area contributed by atoms with Crippen LogP contribution in [0.2, 0.25) is 0 Å². The molecule has 1 aromatic heterocycles. The van der Waals surface area contributed by atoms with E-state index >= 15 is 0 Å². The van der Waals surface area contributed by atoms with E-state index in [1.807, 2.05) is 44.2 Å². The van der Waals surface area contributed by atoms with Crippen molar-refractivity contribution in [2.24, 2.45) is 0 Å². The van der Waals surface area contributed by atoms with Crippen molar-refractivity contribution in [1.82, 2.24) is 4.98 Å². The summed E-state index contributed by atoms with van der Waals surface area (Å²) < 4.78 is 5.70. The number of anilines is 1. The van der Waals surface area contributed by atoms with E-state index in [0.717, 1.165) is 39.9 Å². The number of nitrogens with one attached hydrogen (secondary N) is 2. The number of ether oxygens (including phenoxy) is 1. The number of hydrogen-bond acceptors (Lipinski definition) is 2. The fraction of sp³-hybridized carbons (Fsp3) is 0.208. The third-order valence-electron chi connectivity index (χ3n) is 5.30. The quantitative estimate of drug-likeness (QED) is 0.485. The van der Waals surface area contributed by atoms with Gasteiger partial charge < -0.3 is 15.0 Å². The Balaban J connectivity index is 1.52. The summed E-state index contributed by atoms with van der Waals surface area (Å²) in [5.41, 5.74) is 6.44. The normalized spacial score (nSPS) is 11.1. The zero-order chi connectivity index (χ0) is 19.7. The minimum atomic E-state index is -0.175. The van der Waals surface area contributed by atoms with Crippen LogP contribution in [0.15, 0.2) is 54.6 Å². The van der Waals surface area contributed by atoms with Crippen LogP contribution in [0.4, 0.5) is 5.69 Å². The van der Waals surface area contributed by atoms with Crippen molar-refractivity contribution in [1.29, 1.82) is 0 Å². The molecule has 0 aliphatic carbocycles. The third-order valence-corrected chi connectivity index (χ3v) is 5.30. The van der Waals surface area contributed by atoms with Gasteiger partial charge in [0.15, 0.2) is 6.61 Å². The Morgan fingerprint density at radius 2 is 1.86 bits per heavy atom. The summed E-state index contributed by atoms with van der Waals surface area (Å²) in [4.78, 5) is 15.8. The van der Waals surface area contributed by atoms with Crippen molar-refractivity contribution in [3.8, 4) is 5.75 Å². The van der Waals surface area contributed by atoms with Gasteiger partial charge in [-0.25, -0.2) is 0 Å². The second kappa shape index (κ2) is 7.39. The molecule has 4 rings (SSSR count). The van der Waals surface area contributed by atoms with E-state index in [4.69, 9.17) is 4.74 Å². The van der Waals surface area contributed by atoms with Gasteiger partial charge in [0.25, 0.3) is 5.91 Å². The van der Waals surface area contributed by atoms with Crippen LogP contribution in [-0.4, -0.2) is 17.5 Å². The molecule has 142 valence electrons. The Hall–Kier alpha value is -3.27. The minimum Gasteiger partial charge on any atom is -0.483 e. The lowest BCUT2D eigenvalue weighted by Gasteiger charge is -2.11. The highest BCUT2D eigenvalue weighted by atomic mass is 16.5. The standard InChI is InChI=1S/C24H24N2O2/c1-4-17-8-6-9-20-19-12-11-18(13-21(19)26-24(17)20)25-23(27)14-28-22-10-5-7-15(2)16(22)3/h5-13,26H,4,14H2,1-3H3,(H,25,27). The lowest BCUT2D eigenvalue weighted by atomic mass is 10.1. The number of aromatic amines is 1. The van der Waals surface area contributed by atoms with Crippen LogP contribution in [0, 0.1) is 13.8 Å². The van der Waals surface area contributed by atoms with Crippen LogP contribution >= 0.6 is 0 Å². The van der Waals surface area contributed by atoms with Gasteiger partial charge >= 0.3 is 0 Å². The molecule has 0 fully saturated rings. The predicted octanol–water partition coefficient (Wildman–Crippen LogP) is 5.52. The summed E-state index contributed by atoms with van der Waals surface area (Å²) in [6.45, 7) is 6.16. The number of carbonyl (C=O) groups is 1. The molecule has 0 atom stereocenters. The van der Waals surface area contributed by atoms with Crippen LogP contribution in [-0.2, 0) is 11.2 Å². The van der Waals surface area contributed by atoms with E-state index in [1.54, 1.807) is 0 Å². The fourth-order valence-electron chi connectivity index (χ4n) is 3.58. The molecule has 0 radical (unpaired) electrons. The second-order valence-corrected chi connectivity index (χ2v) is 7.11. The number of H-pyrrole nitrogens is 1. The zero-order valence-corrected chi connectivity index (χ0v) is 16.4. The molecule has 0 saturated carbocycles. The summed E-state index contributed by atoms with van der Waals surface area (Å²) in [6.07, 6.45) is 0.976. The molecule has 0 unspecified atom stereocenters. The predicted molar refractivity (Wildman–Crippen MR) is 115 cm³/mol.